The lowest BCUT2D eigenvalue weighted by molar-refractivity contribution is -0.139. The van der Waals surface area contributed by atoms with E-state index < -0.39 is 5.97 Å². The van der Waals surface area contributed by atoms with Crippen molar-refractivity contribution >= 4 is 29.0 Å². The van der Waals surface area contributed by atoms with Crippen molar-refractivity contribution in [1.29, 1.82) is 0 Å². The van der Waals surface area contributed by atoms with E-state index in [1.165, 1.54) is 11.3 Å². The number of aromatic nitrogens is 1. The Morgan fingerprint density at radius 3 is 2.58 bits per heavy atom. The molecule has 31 heavy (non-hydrogen) atoms. The third-order valence-corrected chi connectivity index (χ3v) is 7.37. The van der Waals surface area contributed by atoms with Crippen LogP contribution >= 0.6 is 11.3 Å². The number of carboxylic acid groups (broad SMARTS) is 1. The number of pyridine rings is 1. The van der Waals surface area contributed by atoms with Crippen LogP contribution in [0.4, 0.5) is 5.82 Å². The minimum Gasteiger partial charge on any atom is -0.481 e. The zero-order chi connectivity index (χ0) is 21.6. The van der Waals surface area contributed by atoms with Gasteiger partial charge in [0.1, 0.15) is 5.82 Å². The number of hydrogen-bond acceptors (Lipinski definition) is 6. The highest BCUT2D eigenvalue weighted by molar-refractivity contribution is 7.12. The highest BCUT2D eigenvalue weighted by Crippen LogP contribution is 2.31. The van der Waals surface area contributed by atoms with Gasteiger partial charge in [-0.05, 0) is 54.8 Å². The molecule has 8 heteroatoms. The zero-order valence-corrected chi connectivity index (χ0v) is 18.5. The average molecular weight is 443 g/mol. The van der Waals surface area contributed by atoms with Gasteiger partial charge >= 0.3 is 5.97 Å². The summed E-state index contributed by atoms with van der Waals surface area (Å²) in [4.78, 5) is 36.1. The summed E-state index contributed by atoms with van der Waals surface area (Å²) in [6.07, 6.45) is 3.72. The topological polar surface area (TPSA) is 77.0 Å². The molecule has 0 bridgehead atoms. The minimum absolute atomic E-state index is 0.0813. The largest absolute Gasteiger partial charge is 0.481 e. The number of anilines is 1. The Hall–Kier alpha value is -2.45. The van der Waals surface area contributed by atoms with Crippen molar-refractivity contribution in [3.8, 4) is 0 Å². The molecule has 2 fully saturated rings. The molecule has 0 spiro atoms. The van der Waals surface area contributed by atoms with Gasteiger partial charge in [0, 0.05) is 51.9 Å². The lowest BCUT2D eigenvalue weighted by Gasteiger charge is -2.40. The summed E-state index contributed by atoms with van der Waals surface area (Å²) in [7, 11) is 0. The molecule has 2 saturated heterocycles. The molecule has 7 nitrogen and oxygen atoms in total. The van der Waals surface area contributed by atoms with Gasteiger partial charge < -0.3 is 14.9 Å². The molecule has 2 aromatic heterocycles. The Balaban J connectivity index is 1.32. The number of amides is 1. The van der Waals surface area contributed by atoms with Crippen LogP contribution in [-0.4, -0.2) is 77.6 Å². The fourth-order valence-corrected chi connectivity index (χ4v) is 5.42. The molecule has 0 aliphatic carbocycles. The fraction of sp³-hybridized carbons (Fsp3) is 0.522. The number of thiophene rings is 1. The van der Waals surface area contributed by atoms with Crippen molar-refractivity contribution in [2.75, 3.05) is 50.7 Å². The van der Waals surface area contributed by atoms with Crippen molar-refractivity contribution in [1.82, 2.24) is 14.8 Å². The van der Waals surface area contributed by atoms with Gasteiger partial charge in [0.05, 0.1) is 4.88 Å². The van der Waals surface area contributed by atoms with Crippen LogP contribution in [0.1, 0.15) is 28.9 Å². The van der Waals surface area contributed by atoms with Gasteiger partial charge in [0.2, 0.25) is 0 Å². The number of nitrogens with zero attached hydrogens (tertiary/aromatic N) is 4. The van der Waals surface area contributed by atoms with Crippen LogP contribution < -0.4 is 4.90 Å². The lowest BCUT2D eigenvalue weighted by Crippen LogP contribution is -2.48. The van der Waals surface area contributed by atoms with Gasteiger partial charge in [-0.3, -0.25) is 14.5 Å². The number of piperazine rings is 1. The number of carboxylic acids is 1. The Kier molecular flexibility index (Phi) is 7.19. The monoisotopic (exact) mass is 442 g/mol. The summed E-state index contributed by atoms with van der Waals surface area (Å²) < 4.78 is 0. The summed E-state index contributed by atoms with van der Waals surface area (Å²) in [5.74, 6) is 0.732. The first-order valence-corrected chi connectivity index (χ1v) is 11.9. The lowest BCUT2D eigenvalue weighted by atomic mass is 9.81. The summed E-state index contributed by atoms with van der Waals surface area (Å²) >= 11 is 1.47. The Bertz CT molecular complexity index is 853. The molecular formula is C23H30N4O3S. The maximum Gasteiger partial charge on any atom is 0.303 e. The number of likely N-dealkylation sites (tertiary alicyclic amines) is 1. The maximum absolute atomic E-state index is 12.8. The van der Waals surface area contributed by atoms with Gasteiger partial charge in [-0.1, -0.05) is 12.1 Å². The number of aliphatic carboxylic acids is 1. The summed E-state index contributed by atoms with van der Waals surface area (Å²) in [5.41, 5.74) is 0. The first kappa shape index (κ1) is 21.8. The number of hydrogen-bond donors (Lipinski definition) is 1. The van der Waals surface area contributed by atoms with Gasteiger partial charge in [0.25, 0.3) is 5.91 Å². The van der Waals surface area contributed by atoms with Crippen molar-refractivity contribution < 1.29 is 14.7 Å². The predicted molar refractivity (Wildman–Crippen MR) is 122 cm³/mol. The van der Waals surface area contributed by atoms with E-state index in [9.17, 15) is 14.7 Å². The third-order valence-electron chi connectivity index (χ3n) is 6.51. The van der Waals surface area contributed by atoms with E-state index in [0.717, 1.165) is 56.3 Å². The van der Waals surface area contributed by atoms with Crippen LogP contribution in [0.15, 0.2) is 41.9 Å². The Morgan fingerprint density at radius 2 is 1.90 bits per heavy atom. The molecule has 2 unspecified atom stereocenters. The molecule has 1 amide bonds. The van der Waals surface area contributed by atoms with Crippen LogP contribution in [0.5, 0.6) is 0 Å². The van der Waals surface area contributed by atoms with Crippen molar-refractivity contribution in [2.24, 2.45) is 11.8 Å². The van der Waals surface area contributed by atoms with E-state index in [2.05, 4.69) is 14.8 Å². The van der Waals surface area contributed by atoms with E-state index in [1.54, 1.807) is 0 Å². The maximum atomic E-state index is 12.8. The number of carbonyl (C=O) groups is 2. The molecule has 4 rings (SSSR count). The van der Waals surface area contributed by atoms with Crippen LogP contribution in [0.3, 0.4) is 0 Å². The summed E-state index contributed by atoms with van der Waals surface area (Å²) in [5, 5.41) is 11.3. The predicted octanol–water partition coefficient (Wildman–Crippen LogP) is 2.91. The number of piperidine rings is 1. The summed E-state index contributed by atoms with van der Waals surface area (Å²) in [6, 6.07) is 9.77. The molecule has 0 radical (unpaired) electrons. The van der Waals surface area contributed by atoms with Crippen LogP contribution in [0.2, 0.25) is 0 Å². The van der Waals surface area contributed by atoms with Gasteiger partial charge in [-0.15, -0.1) is 11.3 Å². The standard InChI is InChI=1S/C23H30N4O3S/c28-22(29)16-18-7-10-27(23(30)20-4-3-15-31-20)17-19(18)6-9-25-11-13-26(14-12-25)21-5-1-2-8-24-21/h1-5,8,15,18-19H,6-7,9-14,16-17H2,(H,28,29). The molecule has 166 valence electrons. The van der Waals surface area contributed by atoms with Gasteiger partial charge in [-0.25, -0.2) is 4.98 Å². The van der Waals surface area contributed by atoms with Crippen molar-refractivity contribution in [3.05, 3.63) is 46.8 Å². The fourth-order valence-electron chi connectivity index (χ4n) is 4.73. The molecule has 2 aliphatic rings. The van der Waals surface area contributed by atoms with Crippen LogP contribution in [0, 0.1) is 11.8 Å². The second-order valence-electron chi connectivity index (χ2n) is 8.44. The highest BCUT2D eigenvalue weighted by atomic mass is 32.1. The SMILES string of the molecule is O=C(O)CC1CCN(C(=O)c2cccs2)CC1CCN1CCN(c2ccccn2)CC1. The molecule has 0 saturated carbocycles. The molecule has 4 heterocycles. The second kappa shape index (κ2) is 10.2. The van der Waals surface area contributed by atoms with E-state index in [-0.39, 0.29) is 24.2 Å². The smallest absolute Gasteiger partial charge is 0.303 e. The van der Waals surface area contributed by atoms with E-state index in [4.69, 9.17) is 0 Å². The van der Waals surface area contributed by atoms with E-state index in [1.807, 2.05) is 46.8 Å². The molecule has 1 N–H and O–H groups in total. The average Bonchev–Trinajstić information content (AvgIpc) is 3.33. The number of carbonyl (C=O) groups excluding carboxylic acids is 1. The molecule has 0 aromatic carbocycles. The van der Waals surface area contributed by atoms with Crippen LogP contribution in [0.25, 0.3) is 0 Å². The van der Waals surface area contributed by atoms with E-state index in [0.29, 0.717) is 13.1 Å². The first-order chi connectivity index (χ1) is 15.1. The zero-order valence-electron chi connectivity index (χ0n) is 17.7. The quantitative estimate of drug-likeness (QED) is 0.711. The molecule has 2 aliphatic heterocycles. The normalized spacial score (nSPS) is 22.5. The minimum atomic E-state index is -0.739. The Labute approximate surface area is 187 Å². The second-order valence-corrected chi connectivity index (χ2v) is 9.39. The molecular weight excluding hydrogens is 412 g/mol. The highest BCUT2D eigenvalue weighted by Gasteiger charge is 2.33. The first-order valence-electron chi connectivity index (χ1n) is 11.0. The van der Waals surface area contributed by atoms with Crippen molar-refractivity contribution in [3.63, 3.8) is 0 Å². The summed E-state index contributed by atoms with van der Waals surface area (Å²) in [6.45, 7) is 6.09. The van der Waals surface area contributed by atoms with Gasteiger partial charge in [0.15, 0.2) is 0 Å². The Morgan fingerprint density at radius 1 is 1.06 bits per heavy atom. The third kappa shape index (κ3) is 5.62. The van der Waals surface area contributed by atoms with Crippen LogP contribution in [-0.2, 0) is 4.79 Å². The molecule has 2 atom stereocenters. The van der Waals surface area contributed by atoms with Crippen molar-refractivity contribution in [2.45, 2.75) is 19.3 Å². The van der Waals surface area contributed by atoms with E-state index >= 15 is 0 Å². The number of rotatable bonds is 7. The van der Waals surface area contributed by atoms with Gasteiger partial charge in [-0.2, -0.15) is 0 Å². The molecule has 2 aromatic rings.